The van der Waals surface area contributed by atoms with Gasteiger partial charge in [-0.25, -0.2) is 5.21 Å². The summed E-state index contributed by atoms with van der Waals surface area (Å²) in [6.07, 6.45) is 0. The summed E-state index contributed by atoms with van der Waals surface area (Å²) in [5.74, 6) is -0.129. The average molecular weight is 297 g/mol. The van der Waals surface area contributed by atoms with Crippen molar-refractivity contribution in [2.75, 3.05) is 18.5 Å². The van der Waals surface area contributed by atoms with Gasteiger partial charge in [0.15, 0.2) is 5.69 Å². The Balaban J connectivity index is 2.22. The third-order valence-corrected chi connectivity index (χ3v) is 3.65. The molecule has 2 aromatic carbocycles. The van der Waals surface area contributed by atoms with Crippen LogP contribution in [0.1, 0.15) is 11.1 Å². The highest BCUT2D eigenvalue weighted by molar-refractivity contribution is 6.19. The Kier molecular flexibility index (Phi) is 3.72. The number of aliphatic imine (C=N–C) groups is 1. The van der Waals surface area contributed by atoms with Crippen LogP contribution in [0.15, 0.2) is 53.5 Å². The van der Waals surface area contributed by atoms with E-state index in [-0.39, 0.29) is 18.1 Å². The number of benzodiazepines with no additional fused rings is 1. The Hall–Kier alpha value is -2.54. The zero-order chi connectivity index (χ0) is 15.7. The first kappa shape index (κ1) is 14.4. The van der Waals surface area contributed by atoms with Gasteiger partial charge >= 0.3 is 0 Å². The van der Waals surface area contributed by atoms with Crippen LogP contribution in [0.5, 0.6) is 0 Å². The predicted octanol–water partition coefficient (Wildman–Crippen LogP) is 0.904. The molecule has 22 heavy (non-hydrogen) atoms. The topological polar surface area (TPSA) is 80.4 Å². The quantitative estimate of drug-likeness (QED) is 0.808. The minimum atomic E-state index is -1.01. The number of carbonyl (C=O) groups is 1. The van der Waals surface area contributed by atoms with E-state index in [9.17, 15) is 15.2 Å². The lowest BCUT2D eigenvalue weighted by molar-refractivity contribution is -0.991. The van der Waals surface area contributed by atoms with E-state index in [4.69, 9.17) is 0 Å². The van der Waals surface area contributed by atoms with Crippen molar-refractivity contribution in [3.63, 3.8) is 0 Å². The zero-order valence-corrected chi connectivity index (χ0v) is 12.0. The second-order valence-electron chi connectivity index (χ2n) is 5.02. The molecule has 0 aliphatic carbocycles. The predicted molar refractivity (Wildman–Crippen MR) is 82.6 cm³/mol. The highest BCUT2D eigenvalue weighted by Crippen LogP contribution is 2.27. The molecule has 1 amide bonds. The number of carbonyl (C=O) groups excluding carboxylic acids is 1. The van der Waals surface area contributed by atoms with Gasteiger partial charge in [-0.3, -0.25) is 9.79 Å². The fraction of sp³-hybridized carbons (Fsp3) is 0.125. The summed E-state index contributed by atoms with van der Waals surface area (Å²) in [4.78, 5) is 18.0. The molecule has 6 heteroatoms. The van der Waals surface area contributed by atoms with Crippen molar-refractivity contribution in [1.82, 2.24) is 0 Å². The van der Waals surface area contributed by atoms with E-state index in [1.807, 2.05) is 30.3 Å². The van der Waals surface area contributed by atoms with Crippen LogP contribution in [-0.4, -0.2) is 30.4 Å². The Morgan fingerprint density at radius 2 is 1.95 bits per heavy atom. The molecule has 0 saturated carbocycles. The number of nitrogens with zero attached hydrogens (tertiary/aromatic N) is 2. The number of quaternary nitrogens is 1. The van der Waals surface area contributed by atoms with Crippen molar-refractivity contribution >= 4 is 23.0 Å². The second kappa shape index (κ2) is 5.69. The molecule has 112 valence electrons. The monoisotopic (exact) mass is 297 g/mol. The Labute approximate surface area is 127 Å². The van der Waals surface area contributed by atoms with Crippen molar-refractivity contribution < 1.29 is 15.2 Å². The Morgan fingerprint density at radius 1 is 1.23 bits per heavy atom. The molecule has 0 radical (unpaired) electrons. The molecule has 1 unspecified atom stereocenters. The summed E-state index contributed by atoms with van der Waals surface area (Å²) in [6, 6.07) is 14.2. The molecular formula is C16H15N3O3. The fourth-order valence-electron chi connectivity index (χ4n) is 2.47. The van der Waals surface area contributed by atoms with E-state index in [1.165, 1.54) is 11.0 Å². The summed E-state index contributed by atoms with van der Waals surface area (Å²) >= 11 is 0. The molecular weight excluding hydrogens is 282 g/mol. The molecule has 0 saturated heterocycles. The van der Waals surface area contributed by atoms with Crippen LogP contribution in [0.4, 0.5) is 11.4 Å². The molecule has 1 heterocycles. The summed E-state index contributed by atoms with van der Waals surface area (Å²) in [7, 11) is 1.67. The lowest BCUT2D eigenvalue weighted by atomic mass is 9.99. The number of hydrogen-bond acceptors (Lipinski definition) is 4. The number of anilines is 1. The van der Waals surface area contributed by atoms with E-state index in [2.05, 4.69) is 4.99 Å². The van der Waals surface area contributed by atoms with Crippen molar-refractivity contribution in [3.05, 3.63) is 64.9 Å². The van der Waals surface area contributed by atoms with E-state index < -0.39 is 5.23 Å². The smallest absolute Gasteiger partial charge is 0.248 e. The van der Waals surface area contributed by atoms with Gasteiger partial charge in [-0.1, -0.05) is 30.3 Å². The van der Waals surface area contributed by atoms with Gasteiger partial charge in [-0.2, -0.15) is 5.23 Å². The summed E-state index contributed by atoms with van der Waals surface area (Å²) in [6.45, 7) is 0.0395. The van der Waals surface area contributed by atoms with Crippen molar-refractivity contribution in [2.24, 2.45) is 4.99 Å². The van der Waals surface area contributed by atoms with Gasteiger partial charge < -0.3 is 10.1 Å². The van der Waals surface area contributed by atoms with Gasteiger partial charge in [0.05, 0.1) is 11.4 Å². The second-order valence-corrected chi connectivity index (χ2v) is 5.02. The van der Waals surface area contributed by atoms with Gasteiger partial charge in [0.25, 0.3) is 0 Å². The minimum Gasteiger partial charge on any atom is -0.595 e. The largest absolute Gasteiger partial charge is 0.595 e. The number of nitrogens with one attached hydrogen (secondary N) is 1. The average Bonchev–Trinajstić information content (AvgIpc) is 2.66. The molecule has 0 bridgehead atoms. The van der Waals surface area contributed by atoms with Crippen molar-refractivity contribution in [3.8, 4) is 0 Å². The van der Waals surface area contributed by atoms with Gasteiger partial charge in [-0.15, -0.1) is 0 Å². The maximum absolute atomic E-state index is 12.1. The first-order chi connectivity index (χ1) is 10.6. The van der Waals surface area contributed by atoms with Crippen LogP contribution in [0, 0.1) is 5.21 Å². The van der Waals surface area contributed by atoms with Crippen LogP contribution in [0.3, 0.4) is 0 Å². The van der Waals surface area contributed by atoms with Crippen LogP contribution in [-0.2, 0) is 4.79 Å². The Morgan fingerprint density at radius 3 is 2.64 bits per heavy atom. The van der Waals surface area contributed by atoms with Gasteiger partial charge in [0.2, 0.25) is 5.91 Å². The SMILES string of the molecule is CN1C(=O)CN=C(c2ccccc2)c2cc([NH+]([O-])O)ccc21. The van der Waals surface area contributed by atoms with Crippen LogP contribution in [0.2, 0.25) is 0 Å². The van der Waals surface area contributed by atoms with Gasteiger partial charge in [0.1, 0.15) is 6.54 Å². The van der Waals surface area contributed by atoms with Gasteiger partial charge in [0, 0.05) is 30.3 Å². The van der Waals surface area contributed by atoms with E-state index in [1.54, 1.807) is 19.2 Å². The lowest BCUT2D eigenvalue weighted by Gasteiger charge is -2.20. The molecule has 1 atom stereocenters. The molecule has 3 rings (SSSR count). The van der Waals surface area contributed by atoms with E-state index in [0.717, 1.165) is 5.56 Å². The maximum Gasteiger partial charge on any atom is 0.248 e. The van der Waals surface area contributed by atoms with Gasteiger partial charge in [-0.05, 0) is 6.07 Å². The highest BCUT2D eigenvalue weighted by Gasteiger charge is 2.23. The number of amides is 1. The molecule has 0 aromatic heterocycles. The van der Waals surface area contributed by atoms with Crippen LogP contribution in [0.25, 0.3) is 0 Å². The number of hydrogen-bond donors (Lipinski definition) is 2. The molecule has 0 spiro atoms. The normalized spacial score (nSPS) is 15.9. The minimum absolute atomic E-state index is 0.0395. The highest BCUT2D eigenvalue weighted by atomic mass is 16.8. The molecule has 0 fully saturated rings. The van der Waals surface area contributed by atoms with E-state index in [0.29, 0.717) is 17.0 Å². The molecule has 1 aliphatic rings. The third-order valence-electron chi connectivity index (χ3n) is 3.65. The molecule has 1 aliphatic heterocycles. The maximum atomic E-state index is 12.1. The standard InChI is InChI=1S/C16H15N3O3/c1-18-14-8-7-12(19(21)22)9-13(14)16(17-10-15(18)20)11-5-3-2-4-6-11/h2-9,19,21H,10H2,1H3. The Bertz CT molecular complexity index is 742. The fourth-order valence-corrected chi connectivity index (χ4v) is 2.47. The summed E-state index contributed by atoms with van der Waals surface area (Å²) in [5.41, 5.74) is 2.98. The number of benzene rings is 2. The van der Waals surface area contributed by atoms with E-state index >= 15 is 0 Å². The molecule has 2 aromatic rings. The molecule has 6 nitrogen and oxygen atoms in total. The van der Waals surface area contributed by atoms with Crippen LogP contribution >= 0.6 is 0 Å². The van der Waals surface area contributed by atoms with Crippen molar-refractivity contribution in [1.29, 1.82) is 0 Å². The number of fused-ring (bicyclic) bond motifs is 1. The third kappa shape index (κ3) is 2.50. The first-order valence-electron chi connectivity index (χ1n) is 6.82. The van der Waals surface area contributed by atoms with Crippen LogP contribution < -0.4 is 10.1 Å². The number of rotatable bonds is 2. The summed E-state index contributed by atoms with van der Waals surface area (Å²) in [5, 5.41) is 19.4. The first-order valence-corrected chi connectivity index (χ1v) is 6.82. The number of likely N-dealkylation sites (N-methyl/N-ethyl adjacent to an activating group) is 1. The van der Waals surface area contributed by atoms with Crippen molar-refractivity contribution in [2.45, 2.75) is 0 Å². The lowest BCUT2D eigenvalue weighted by Crippen LogP contribution is -2.99. The summed E-state index contributed by atoms with van der Waals surface area (Å²) < 4.78 is 0. The molecule has 2 N–H and O–H groups in total. The zero-order valence-electron chi connectivity index (χ0n) is 12.0.